The number of hydrogen-bond donors (Lipinski definition) is 2. The molecular formula is C18H17F3N2O. The molecule has 6 heteroatoms. The predicted molar refractivity (Wildman–Crippen MR) is 84.7 cm³/mol. The van der Waals surface area contributed by atoms with Crippen LogP contribution in [0, 0.1) is 0 Å². The third-order valence-electron chi connectivity index (χ3n) is 4.16. The topological polar surface area (TPSA) is 41.1 Å². The van der Waals surface area contributed by atoms with Gasteiger partial charge >= 0.3 is 6.18 Å². The molecule has 1 unspecified atom stereocenters. The van der Waals surface area contributed by atoms with Crippen molar-refractivity contribution in [3.63, 3.8) is 0 Å². The number of hydrogen-bond acceptors (Lipinski definition) is 2. The first kappa shape index (κ1) is 16.5. The number of carbonyl (C=O) groups is 1. The molecule has 1 amide bonds. The third-order valence-corrected chi connectivity index (χ3v) is 4.16. The maximum Gasteiger partial charge on any atom is 0.416 e. The average molecular weight is 334 g/mol. The molecule has 0 saturated carbocycles. The van der Waals surface area contributed by atoms with Gasteiger partial charge in [-0.1, -0.05) is 24.3 Å². The van der Waals surface area contributed by atoms with Crippen molar-refractivity contribution in [2.75, 3.05) is 13.1 Å². The van der Waals surface area contributed by atoms with Crippen molar-refractivity contribution in [2.24, 2.45) is 0 Å². The molecule has 0 fully saturated rings. The molecule has 1 heterocycles. The Morgan fingerprint density at radius 3 is 2.54 bits per heavy atom. The summed E-state index contributed by atoms with van der Waals surface area (Å²) in [6.07, 6.45) is -3.45. The van der Waals surface area contributed by atoms with Crippen molar-refractivity contribution >= 4 is 5.91 Å². The lowest BCUT2D eigenvalue weighted by Gasteiger charge is -2.27. The van der Waals surface area contributed by atoms with Gasteiger partial charge < -0.3 is 10.6 Å². The van der Waals surface area contributed by atoms with E-state index in [-0.39, 0.29) is 17.5 Å². The molecular weight excluding hydrogens is 317 g/mol. The van der Waals surface area contributed by atoms with E-state index in [2.05, 4.69) is 16.7 Å². The van der Waals surface area contributed by atoms with Crippen LogP contribution in [0.5, 0.6) is 0 Å². The molecule has 126 valence electrons. The van der Waals surface area contributed by atoms with E-state index >= 15 is 0 Å². The fraction of sp³-hybridized carbons (Fsp3) is 0.278. The van der Waals surface area contributed by atoms with Gasteiger partial charge in [-0.25, -0.2) is 0 Å². The largest absolute Gasteiger partial charge is 0.416 e. The van der Waals surface area contributed by atoms with Crippen LogP contribution in [0.3, 0.4) is 0 Å². The van der Waals surface area contributed by atoms with Crippen molar-refractivity contribution in [1.29, 1.82) is 0 Å². The van der Waals surface area contributed by atoms with Crippen LogP contribution in [0.1, 0.15) is 33.1 Å². The lowest BCUT2D eigenvalue weighted by Crippen LogP contribution is -2.38. The summed E-state index contributed by atoms with van der Waals surface area (Å²) in [7, 11) is 0. The van der Waals surface area contributed by atoms with Gasteiger partial charge in [0.2, 0.25) is 0 Å². The van der Waals surface area contributed by atoms with Gasteiger partial charge in [0.05, 0.1) is 5.56 Å². The Morgan fingerprint density at radius 1 is 1.12 bits per heavy atom. The number of alkyl halides is 3. The van der Waals surface area contributed by atoms with Gasteiger partial charge in [-0.15, -0.1) is 0 Å². The fourth-order valence-corrected chi connectivity index (χ4v) is 2.88. The Kier molecular flexibility index (Phi) is 4.57. The van der Waals surface area contributed by atoms with E-state index < -0.39 is 11.7 Å². The van der Waals surface area contributed by atoms with Gasteiger partial charge in [0.25, 0.3) is 5.91 Å². The van der Waals surface area contributed by atoms with Crippen molar-refractivity contribution in [3.8, 4) is 0 Å². The summed E-state index contributed by atoms with van der Waals surface area (Å²) in [6, 6.07) is 12.3. The van der Waals surface area contributed by atoms with Gasteiger partial charge in [-0.05, 0) is 48.4 Å². The standard InChI is InChI=1S/C18H17F3N2O/c19-18(20,21)14-7-5-13(6-8-14)17(24)23-11-16-15-4-2-1-3-12(15)9-10-22-16/h1-8,16,22H,9-11H2,(H,23,24). The molecule has 2 aromatic carbocycles. The minimum absolute atomic E-state index is 0.00773. The molecule has 24 heavy (non-hydrogen) atoms. The van der Waals surface area contributed by atoms with Gasteiger partial charge in [0, 0.05) is 18.2 Å². The Hall–Kier alpha value is -2.34. The van der Waals surface area contributed by atoms with Crippen LogP contribution in [-0.2, 0) is 12.6 Å². The van der Waals surface area contributed by atoms with Crippen molar-refractivity contribution in [2.45, 2.75) is 18.6 Å². The lowest BCUT2D eigenvalue weighted by atomic mass is 9.94. The highest BCUT2D eigenvalue weighted by atomic mass is 19.4. The van der Waals surface area contributed by atoms with Crippen LogP contribution in [-0.4, -0.2) is 19.0 Å². The Bertz CT molecular complexity index is 726. The molecule has 3 rings (SSSR count). The Morgan fingerprint density at radius 2 is 1.83 bits per heavy atom. The van der Waals surface area contributed by atoms with Gasteiger partial charge in [-0.3, -0.25) is 4.79 Å². The zero-order valence-corrected chi connectivity index (χ0v) is 12.9. The number of nitrogens with one attached hydrogen (secondary N) is 2. The number of rotatable bonds is 3. The first-order valence-corrected chi connectivity index (χ1v) is 7.72. The molecule has 2 aromatic rings. The second kappa shape index (κ2) is 6.65. The maximum atomic E-state index is 12.5. The van der Waals surface area contributed by atoms with E-state index in [1.807, 2.05) is 18.2 Å². The molecule has 1 aliphatic heterocycles. The highest BCUT2D eigenvalue weighted by Gasteiger charge is 2.30. The molecule has 1 atom stereocenters. The van der Waals surface area contributed by atoms with Crippen molar-refractivity contribution in [3.05, 3.63) is 70.8 Å². The second-order valence-corrected chi connectivity index (χ2v) is 5.74. The van der Waals surface area contributed by atoms with E-state index in [1.54, 1.807) is 0 Å². The zero-order chi connectivity index (χ0) is 17.2. The van der Waals surface area contributed by atoms with Crippen LogP contribution in [0.2, 0.25) is 0 Å². The highest BCUT2D eigenvalue weighted by molar-refractivity contribution is 5.94. The summed E-state index contributed by atoms with van der Waals surface area (Å²) in [4.78, 5) is 12.1. The minimum atomic E-state index is -4.40. The van der Waals surface area contributed by atoms with Gasteiger partial charge in [-0.2, -0.15) is 13.2 Å². The molecule has 1 aliphatic rings. The molecule has 0 saturated heterocycles. The summed E-state index contributed by atoms with van der Waals surface area (Å²) < 4.78 is 37.6. The number of halogens is 3. The Labute approximate surface area is 137 Å². The Balaban J connectivity index is 1.64. The highest BCUT2D eigenvalue weighted by Crippen LogP contribution is 2.29. The van der Waals surface area contributed by atoms with Crippen LogP contribution in [0.15, 0.2) is 48.5 Å². The number of benzene rings is 2. The van der Waals surface area contributed by atoms with E-state index in [0.29, 0.717) is 6.54 Å². The molecule has 2 N–H and O–H groups in total. The molecule has 0 spiro atoms. The molecule has 0 bridgehead atoms. The van der Waals surface area contributed by atoms with E-state index in [9.17, 15) is 18.0 Å². The van der Waals surface area contributed by atoms with Crippen molar-refractivity contribution in [1.82, 2.24) is 10.6 Å². The van der Waals surface area contributed by atoms with E-state index in [0.717, 1.165) is 30.7 Å². The van der Waals surface area contributed by atoms with Crippen LogP contribution in [0.4, 0.5) is 13.2 Å². The van der Waals surface area contributed by atoms with Crippen LogP contribution in [0.25, 0.3) is 0 Å². The first-order chi connectivity index (χ1) is 11.4. The third kappa shape index (κ3) is 3.59. The first-order valence-electron chi connectivity index (χ1n) is 7.72. The molecule has 0 aliphatic carbocycles. The summed E-state index contributed by atoms with van der Waals surface area (Å²) >= 11 is 0. The molecule has 0 aromatic heterocycles. The summed E-state index contributed by atoms with van der Waals surface area (Å²) in [5.74, 6) is -0.381. The number of amides is 1. The SMILES string of the molecule is O=C(NCC1NCCc2ccccc21)c1ccc(C(F)(F)F)cc1. The van der Waals surface area contributed by atoms with Gasteiger partial charge in [0.1, 0.15) is 0 Å². The zero-order valence-electron chi connectivity index (χ0n) is 12.9. The summed E-state index contributed by atoms with van der Waals surface area (Å²) in [5.41, 5.74) is 1.86. The molecule has 3 nitrogen and oxygen atoms in total. The smallest absolute Gasteiger partial charge is 0.350 e. The fourth-order valence-electron chi connectivity index (χ4n) is 2.88. The summed E-state index contributed by atoms with van der Waals surface area (Å²) in [6.45, 7) is 1.22. The number of fused-ring (bicyclic) bond motifs is 1. The molecule has 0 radical (unpaired) electrons. The second-order valence-electron chi connectivity index (χ2n) is 5.74. The monoisotopic (exact) mass is 334 g/mol. The minimum Gasteiger partial charge on any atom is -0.350 e. The lowest BCUT2D eigenvalue weighted by molar-refractivity contribution is -0.137. The van der Waals surface area contributed by atoms with E-state index in [4.69, 9.17) is 0 Å². The normalized spacial score (nSPS) is 17.2. The predicted octanol–water partition coefficient (Wildman–Crippen LogP) is 3.32. The van der Waals surface area contributed by atoms with E-state index in [1.165, 1.54) is 17.7 Å². The maximum absolute atomic E-state index is 12.5. The van der Waals surface area contributed by atoms with Crippen LogP contribution < -0.4 is 10.6 Å². The summed E-state index contributed by atoms with van der Waals surface area (Å²) in [5, 5.41) is 6.13. The van der Waals surface area contributed by atoms with Gasteiger partial charge in [0.15, 0.2) is 0 Å². The average Bonchev–Trinajstić information content (AvgIpc) is 2.59. The number of carbonyl (C=O) groups excluding carboxylic acids is 1. The van der Waals surface area contributed by atoms with Crippen molar-refractivity contribution < 1.29 is 18.0 Å². The quantitative estimate of drug-likeness (QED) is 0.904. The van der Waals surface area contributed by atoms with Crippen LogP contribution >= 0.6 is 0 Å².